The fourth-order valence-corrected chi connectivity index (χ4v) is 5.54. The fourth-order valence-electron chi connectivity index (χ4n) is 3.69. The van der Waals surface area contributed by atoms with Gasteiger partial charge in [-0.15, -0.1) is 0 Å². The molecule has 3 rings (SSSR count). The number of nitrogens with zero attached hydrogens (tertiary/aromatic N) is 2. The van der Waals surface area contributed by atoms with E-state index in [0.717, 1.165) is 4.31 Å². The minimum Gasteiger partial charge on any atom is -0.357 e. The van der Waals surface area contributed by atoms with Crippen LogP contribution in [0, 0.1) is 6.92 Å². The summed E-state index contributed by atoms with van der Waals surface area (Å²) >= 11 is 12.5. The molecule has 0 aliphatic rings. The first kappa shape index (κ1) is 27.5. The Kier molecular flexibility index (Phi) is 9.00. The van der Waals surface area contributed by atoms with Crippen molar-refractivity contribution in [2.24, 2.45) is 0 Å². The first-order chi connectivity index (χ1) is 17.1. The van der Waals surface area contributed by atoms with E-state index in [9.17, 15) is 18.0 Å². The van der Waals surface area contributed by atoms with Gasteiger partial charge in [0.15, 0.2) is 0 Å². The molecule has 190 valence electrons. The van der Waals surface area contributed by atoms with Crippen molar-refractivity contribution in [2.45, 2.75) is 31.3 Å². The zero-order valence-corrected chi connectivity index (χ0v) is 22.4. The molecular formula is C26H27Cl2N3O4S. The van der Waals surface area contributed by atoms with E-state index in [1.54, 1.807) is 68.4 Å². The molecule has 3 aromatic carbocycles. The molecular weight excluding hydrogens is 521 g/mol. The third-order valence-corrected chi connectivity index (χ3v) is 8.14. The number of hydrogen-bond donors (Lipinski definition) is 1. The monoisotopic (exact) mass is 547 g/mol. The number of amides is 2. The van der Waals surface area contributed by atoms with Gasteiger partial charge in [-0.1, -0.05) is 65.7 Å². The molecule has 2 amide bonds. The van der Waals surface area contributed by atoms with E-state index in [1.807, 2.05) is 0 Å². The van der Waals surface area contributed by atoms with Gasteiger partial charge >= 0.3 is 0 Å². The molecule has 0 aliphatic heterocycles. The molecule has 3 aromatic rings. The zero-order valence-electron chi connectivity index (χ0n) is 20.1. The number of carbonyl (C=O) groups is 2. The zero-order chi connectivity index (χ0) is 26.5. The normalized spacial score (nSPS) is 12.0. The van der Waals surface area contributed by atoms with Crippen molar-refractivity contribution >= 4 is 50.7 Å². The Morgan fingerprint density at radius 2 is 1.61 bits per heavy atom. The van der Waals surface area contributed by atoms with Crippen LogP contribution in [0.25, 0.3) is 0 Å². The van der Waals surface area contributed by atoms with E-state index in [1.165, 1.54) is 30.1 Å². The first-order valence-corrected chi connectivity index (χ1v) is 13.3. The summed E-state index contributed by atoms with van der Waals surface area (Å²) in [5.74, 6) is -0.975. The lowest BCUT2D eigenvalue weighted by Gasteiger charge is -2.32. The highest BCUT2D eigenvalue weighted by molar-refractivity contribution is 7.92. The number of carbonyl (C=O) groups excluding carboxylic acids is 2. The summed E-state index contributed by atoms with van der Waals surface area (Å²) in [6, 6.07) is 18.8. The van der Waals surface area contributed by atoms with E-state index in [2.05, 4.69) is 5.32 Å². The molecule has 0 saturated heterocycles. The third-order valence-electron chi connectivity index (χ3n) is 5.76. The van der Waals surface area contributed by atoms with Gasteiger partial charge in [0.2, 0.25) is 11.8 Å². The molecule has 1 unspecified atom stereocenters. The number of sulfonamides is 1. The number of anilines is 1. The number of aryl methyl sites for hydroxylation is 1. The van der Waals surface area contributed by atoms with Gasteiger partial charge in [0, 0.05) is 23.6 Å². The second kappa shape index (κ2) is 11.8. The molecule has 36 heavy (non-hydrogen) atoms. The van der Waals surface area contributed by atoms with Crippen molar-refractivity contribution < 1.29 is 18.0 Å². The minimum atomic E-state index is -4.15. The van der Waals surface area contributed by atoms with Crippen LogP contribution in [-0.4, -0.2) is 44.8 Å². The molecule has 1 N–H and O–H groups in total. The Labute approximate surface area is 221 Å². The molecule has 7 nitrogen and oxygen atoms in total. The molecule has 0 saturated carbocycles. The average molecular weight is 548 g/mol. The summed E-state index contributed by atoms with van der Waals surface area (Å²) in [7, 11) is -2.68. The lowest BCUT2D eigenvalue weighted by atomic mass is 10.1. The van der Waals surface area contributed by atoms with Crippen LogP contribution in [0.2, 0.25) is 10.0 Å². The topological polar surface area (TPSA) is 86.8 Å². The summed E-state index contributed by atoms with van der Waals surface area (Å²) in [5, 5.41) is 3.29. The maximum atomic E-state index is 13.7. The first-order valence-electron chi connectivity index (χ1n) is 11.1. The lowest BCUT2D eigenvalue weighted by molar-refractivity contribution is -0.139. The van der Waals surface area contributed by atoms with Gasteiger partial charge < -0.3 is 10.2 Å². The maximum Gasteiger partial charge on any atom is 0.264 e. The molecule has 1 atom stereocenters. The Morgan fingerprint density at radius 1 is 0.972 bits per heavy atom. The summed E-state index contributed by atoms with van der Waals surface area (Å²) in [6.07, 6.45) is 0. The summed E-state index contributed by atoms with van der Waals surface area (Å²) in [4.78, 5) is 27.6. The largest absolute Gasteiger partial charge is 0.357 e. The highest BCUT2D eigenvalue weighted by atomic mass is 35.5. The average Bonchev–Trinajstić information content (AvgIpc) is 2.87. The highest BCUT2D eigenvalue weighted by Crippen LogP contribution is 2.30. The second-order valence-electron chi connectivity index (χ2n) is 8.16. The van der Waals surface area contributed by atoms with E-state index in [4.69, 9.17) is 23.2 Å². The predicted octanol–water partition coefficient (Wildman–Crippen LogP) is 4.66. The Hall–Kier alpha value is -3.07. The van der Waals surface area contributed by atoms with Crippen LogP contribution < -0.4 is 9.62 Å². The van der Waals surface area contributed by atoms with E-state index >= 15 is 0 Å². The van der Waals surface area contributed by atoms with Crippen molar-refractivity contribution in [1.29, 1.82) is 0 Å². The molecule has 0 aromatic heterocycles. The number of likely N-dealkylation sites (N-methyl/N-ethyl adjacent to an activating group) is 1. The second-order valence-corrected chi connectivity index (χ2v) is 10.9. The number of nitrogens with one attached hydrogen (secondary N) is 1. The van der Waals surface area contributed by atoms with E-state index < -0.39 is 34.4 Å². The maximum absolute atomic E-state index is 13.7. The fraction of sp³-hybridized carbons (Fsp3) is 0.231. The predicted molar refractivity (Wildman–Crippen MR) is 143 cm³/mol. The smallest absolute Gasteiger partial charge is 0.264 e. The van der Waals surface area contributed by atoms with Gasteiger partial charge in [0.1, 0.15) is 12.6 Å². The number of rotatable bonds is 9. The quantitative estimate of drug-likeness (QED) is 0.422. The summed E-state index contributed by atoms with van der Waals surface area (Å²) in [6.45, 7) is 2.78. The highest BCUT2D eigenvalue weighted by Gasteiger charge is 2.33. The number of halogens is 2. The van der Waals surface area contributed by atoms with Crippen LogP contribution in [0.1, 0.15) is 18.1 Å². The van der Waals surface area contributed by atoms with Crippen LogP contribution in [0.15, 0.2) is 77.7 Å². The minimum absolute atomic E-state index is 0.0147. The molecule has 0 fully saturated rings. The standard InChI is InChI=1S/C26H27Cl2N3O4S/c1-18-13-14-21(27)15-24(18)31(36(34,35)22-10-5-4-6-11-22)17-25(32)30(19(2)26(33)29-3)16-20-9-7-8-12-23(20)28/h4-15,19H,16-17H2,1-3H3,(H,29,33). The van der Waals surface area contributed by atoms with Gasteiger partial charge in [-0.2, -0.15) is 0 Å². The van der Waals surface area contributed by atoms with Gasteiger partial charge in [-0.25, -0.2) is 8.42 Å². The van der Waals surface area contributed by atoms with Crippen molar-refractivity contribution in [3.8, 4) is 0 Å². The van der Waals surface area contributed by atoms with Gasteiger partial charge in [-0.05, 0) is 55.3 Å². The van der Waals surface area contributed by atoms with Crippen molar-refractivity contribution in [3.63, 3.8) is 0 Å². The van der Waals surface area contributed by atoms with Crippen molar-refractivity contribution in [1.82, 2.24) is 10.2 Å². The van der Waals surface area contributed by atoms with Crippen molar-refractivity contribution in [3.05, 3.63) is 94.0 Å². The molecule has 10 heteroatoms. The van der Waals surface area contributed by atoms with Crippen LogP contribution >= 0.6 is 23.2 Å². The van der Waals surface area contributed by atoms with Gasteiger partial charge in [0.25, 0.3) is 10.0 Å². The lowest BCUT2D eigenvalue weighted by Crippen LogP contribution is -2.50. The molecule has 0 heterocycles. The molecule has 0 aliphatic carbocycles. The third kappa shape index (κ3) is 6.19. The van der Waals surface area contributed by atoms with Gasteiger partial charge in [-0.3, -0.25) is 13.9 Å². The summed E-state index contributed by atoms with van der Waals surface area (Å²) in [5.41, 5.74) is 1.51. The molecule has 0 bridgehead atoms. The van der Waals surface area contributed by atoms with E-state index in [0.29, 0.717) is 21.2 Å². The molecule has 0 spiro atoms. The Balaban J connectivity index is 2.08. The Morgan fingerprint density at radius 3 is 2.25 bits per heavy atom. The number of benzene rings is 3. The van der Waals surface area contributed by atoms with Crippen LogP contribution in [-0.2, 0) is 26.2 Å². The van der Waals surface area contributed by atoms with Crippen molar-refractivity contribution in [2.75, 3.05) is 17.9 Å². The summed E-state index contributed by atoms with van der Waals surface area (Å²) < 4.78 is 28.5. The van der Waals surface area contributed by atoms with Crippen LogP contribution in [0.3, 0.4) is 0 Å². The van der Waals surface area contributed by atoms with Gasteiger partial charge in [0.05, 0.1) is 10.6 Å². The van der Waals surface area contributed by atoms with Crippen LogP contribution in [0.5, 0.6) is 0 Å². The molecule has 0 radical (unpaired) electrons. The number of hydrogen-bond acceptors (Lipinski definition) is 4. The van der Waals surface area contributed by atoms with Crippen LogP contribution in [0.4, 0.5) is 5.69 Å². The SMILES string of the molecule is CNC(=O)C(C)N(Cc1ccccc1Cl)C(=O)CN(c1cc(Cl)ccc1C)S(=O)(=O)c1ccccc1. The Bertz CT molecular complexity index is 1350. The van der Waals surface area contributed by atoms with E-state index in [-0.39, 0.29) is 17.1 Å².